The van der Waals surface area contributed by atoms with Gasteiger partial charge in [-0.25, -0.2) is 9.97 Å². The van der Waals surface area contributed by atoms with Crippen LogP contribution in [0.15, 0.2) is 12.4 Å². The Balaban J connectivity index is 1.94. The van der Waals surface area contributed by atoms with E-state index < -0.39 is 0 Å². The summed E-state index contributed by atoms with van der Waals surface area (Å²) in [4.78, 5) is 8.02. The van der Waals surface area contributed by atoms with E-state index in [4.69, 9.17) is 5.26 Å². The summed E-state index contributed by atoms with van der Waals surface area (Å²) in [5.41, 5.74) is 0.809. The van der Waals surface area contributed by atoms with Crippen LogP contribution in [0.1, 0.15) is 25.5 Å². The molecular formula is C10H12N4. The average Bonchev–Trinajstić information content (AvgIpc) is 2.95. The lowest BCUT2D eigenvalue weighted by molar-refractivity contribution is 0.609. The minimum Gasteiger partial charge on any atom is -0.368 e. The standard InChI is InChI=1S/C10H12N4/c1-10(2-3-10)7-14-9-6-12-8(4-11)5-13-9/h5-6H,2-3,7H2,1H3,(H,13,14). The highest BCUT2D eigenvalue weighted by Gasteiger charge is 2.36. The summed E-state index contributed by atoms with van der Waals surface area (Å²) in [6, 6.07) is 1.94. The van der Waals surface area contributed by atoms with E-state index in [1.165, 1.54) is 19.0 Å². The molecule has 1 heterocycles. The van der Waals surface area contributed by atoms with Crippen molar-refractivity contribution >= 4 is 5.82 Å². The third-order valence-electron chi connectivity index (χ3n) is 2.57. The summed E-state index contributed by atoms with van der Waals surface area (Å²) in [5.74, 6) is 0.747. The Morgan fingerprint density at radius 1 is 1.50 bits per heavy atom. The molecule has 0 spiro atoms. The molecule has 72 valence electrons. The minimum absolute atomic E-state index is 0.355. The van der Waals surface area contributed by atoms with Crippen molar-refractivity contribution < 1.29 is 0 Å². The Kier molecular flexibility index (Phi) is 2.08. The Labute approximate surface area is 83.0 Å². The van der Waals surface area contributed by atoms with Crippen LogP contribution in [0.2, 0.25) is 0 Å². The summed E-state index contributed by atoms with van der Waals surface area (Å²) in [6.45, 7) is 3.19. The number of hydrogen-bond donors (Lipinski definition) is 1. The molecular weight excluding hydrogens is 176 g/mol. The van der Waals surface area contributed by atoms with Crippen molar-refractivity contribution in [1.82, 2.24) is 9.97 Å². The first-order valence-corrected chi connectivity index (χ1v) is 4.68. The number of anilines is 1. The van der Waals surface area contributed by atoms with Gasteiger partial charge in [0.15, 0.2) is 5.69 Å². The van der Waals surface area contributed by atoms with E-state index in [1.54, 1.807) is 6.20 Å². The monoisotopic (exact) mass is 188 g/mol. The summed E-state index contributed by atoms with van der Waals surface area (Å²) < 4.78 is 0. The molecule has 0 amide bonds. The van der Waals surface area contributed by atoms with Crippen LogP contribution in [0.4, 0.5) is 5.82 Å². The van der Waals surface area contributed by atoms with Gasteiger partial charge in [-0.2, -0.15) is 5.26 Å². The van der Waals surface area contributed by atoms with Crippen molar-refractivity contribution in [3.63, 3.8) is 0 Å². The van der Waals surface area contributed by atoms with Gasteiger partial charge in [0.2, 0.25) is 0 Å². The van der Waals surface area contributed by atoms with Gasteiger partial charge in [0.25, 0.3) is 0 Å². The first-order chi connectivity index (χ1) is 6.72. The quantitative estimate of drug-likeness (QED) is 0.781. The second kappa shape index (κ2) is 3.26. The van der Waals surface area contributed by atoms with Crippen molar-refractivity contribution in [2.75, 3.05) is 11.9 Å². The molecule has 0 saturated heterocycles. The van der Waals surface area contributed by atoms with E-state index in [0.717, 1.165) is 12.4 Å². The summed E-state index contributed by atoms with van der Waals surface area (Å²) >= 11 is 0. The van der Waals surface area contributed by atoms with Gasteiger partial charge in [0, 0.05) is 6.54 Å². The number of aromatic nitrogens is 2. The van der Waals surface area contributed by atoms with Crippen LogP contribution in [0.5, 0.6) is 0 Å². The molecule has 0 unspecified atom stereocenters. The molecule has 0 atom stereocenters. The van der Waals surface area contributed by atoms with Crippen LogP contribution in [0.25, 0.3) is 0 Å². The highest BCUT2D eigenvalue weighted by molar-refractivity contribution is 5.33. The van der Waals surface area contributed by atoms with Gasteiger partial charge < -0.3 is 5.32 Å². The van der Waals surface area contributed by atoms with Crippen LogP contribution in [-0.4, -0.2) is 16.5 Å². The number of nitrogens with zero attached hydrogens (tertiary/aromatic N) is 3. The molecule has 4 nitrogen and oxygen atoms in total. The highest BCUT2D eigenvalue weighted by Crippen LogP contribution is 2.44. The van der Waals surface area contributed by atoms with Crippen molar-refractivity contribution in [2.45, 2.75) is 19.8 Å². The zero-order valence-corrected chi connectivity index (χ0v) is 8.12. The Morgan fingerprint density at radius 2 is 2.29 bits per heavy atom. The predicted octanol–water partition coefficient (Wildman–Crippen LogP) is 1.56. The molecule has 0 aromatic carbocycles. The van der Waals surface area contributed by atoms with Gasteiger partial charge in [-0.05, 0) is 18.3 Å². The molecule has 1 aliphatic rings. The topological polar surface area (TPSA) is 61.6 Å². The molecule has 0 aliphatic heterocycles. The number of nitriles is 1. The van der Waals surface area contributed by atoms with E-state index in [1.807, 2.05) is 6.07 Å². The molecule has 1 aromatic rings. The van der Waals surface area contributed by atoms with Crippen LogP contribution in [-0.2, 0) is 0 Å². The van der Waals surface area contributed by atoms with E-state index in [-0.39, 0.29) is 0 Å². The molecule has 1 aromatic heterocycles. The molecule has 1 N–H and O–H groups in total. The second-order valence-electron chi connectivity index (χ2n) is 4.06. The summed E-state index contributed by atoms with van der Waals surface area (Å²) in [7, 11) is 0. The fourth-order valence-corrected chi connectivity index (χ4v) is 1.17. The lowest BCUT2D eigenvalue weighted by Crippen LogP contribution is -2.12. The maximum atomic E-state index is 8.52. The smallest absolute Gasteiger partial charge is 0.158 e. The van der Waals surface area contributed by atoms with Gasteiger partial charge in [-0.3, -0.25) is 0 Å². The normalized spacial score (nSPS) is 17.1. The lowest BCUT2D eigenvalue weighted by atomic mass is 10.1. The Bertz CT molecular complexity index is 359. The van der Waals surface area contributed by atoms with Crippen LogP contribution in [0, 0.1) is 16.7 Å². The molecule has 0 bridgehead atoms. The third kappa shape index (κ3) is 1.99. The first kappa shape index (κ1) is 8.95. The van der Waals surface area contributed by atoms with Gasteiger partial charge >= 0.3 is 0 Å². The molecule has 1 saturated carbocycles. The van der Waals surface area contributed by atoms with Crippen molar-refractivity contribution in [2.24, 2.45) is 5.41 Å². The van der Waals surface area contributed by atoms with Crippen LogP contribution in [0.3, 0.4) is 0 Å². The summed E-state index contributed by atoms with van der Waals surface area (Å²) in [6.07, 6.45) is 5.65. The Hall–Kier alpha value is -1.63. The predicted molar refractivity (Wildman–Crippen MR) is 52.6 cm³/mol. The summed E-state index contributed by atoms with van der Waals surface area (Å²) in [5, 5.41) is 11.7. The molecule has 1 fully saturated rings. The average molecular weight is 188 g/mol. The number of nitrogens with one attached hydrogen (secondary N) is 1. The number of rotatable bonds is 3. The molecule has 1 aliphatic carbocycles. The van der Waals surface area contributed by atoms with E-state index in [2.05, 4.69) is 22.2 Å². The van der Waals surface area contributed by atoms with Gasteiger partial charge in [-0.1, -0.05) is 6.92 Å². The van der Waals surface area contributed by atoms with Crippen LogP contribution >= 0.6 is 0 Å². The van der Waals surface area contributed by atoms with Crippen molar-refractivity contribution in [3.8, 4) is 6.07 Å². The second-order valence-corrected chi connectivity index (χ2v) is 4.06. The highest BCUT2D eigenvalue weighted by atomic mass is 15.0. The zero-order valence-electron chi connectivity index (χ0n) is 8.12. The van der Waals surface area contributed by atoms with Gasteiger partial charge in [-0.15, -0.1) is 0 Å². The Morgan fingerprint density at radius 3 is 2.79 bits per heavy atom. The largest absolute Gasteiger partial charge is 0.368 e. The zero-order chi connectivity index (χ0) is 10.0. The first-order valence-electron chi connectivity index (χ1n) is 4.68. The molecule has 2 rings (SSSR count). The van der Waals surface area contributed by atoms with Gasteiger partial charge in [0.1, 0.15) is 11.9 Å². The minimum atomic E-state index is 0.355. The van der Waals surface area contributed by atoms with Gasteiger partial charge in [0.05, 0.1) is 12.4 Å². The number of hydrogen-bond acceptors (Lipinski definition) is 4. The molecule has 0 radical (unpaired) electrons. The fraction of sp³-hybridized carbons (Fsp3) is 0.500. The van der Waals surface area contributed by atoms with E-state index >= 15 is 0 Å². The van der Waals surface area contributed by atoms with E-state index in [9.17, 15) is 0 Å². The van der Waals surface area contributed by atoms with Crippen molar-refractivity contribution in [1.29, 1.82) is 5.26 Å². The SMILES string of the molecule is CC1(CNc2cnc(C#N)cn2)CC1. The lowest BCUT2D eigenvalue weighted by Gasteiger charge is -2.09. The molecule has 4 heteroatoms. The maximum Gasteiger partial charge on any atom is 0.158 e. The molecule has 14 heavy (non-hydrogen) atoms. The fourth-order valence-electron chi connectivity index (χ4n) is 1.17. The maximum absolute atomic E-state index is 8.52. The van der Waals surface area contributed by atoms with Crippen LogP contribution < -0.4 is 5.32 Å². The van der Waals surface area contributed by atoms with Crippen molar-refractivity contribution in [3.05, 3.63) is 18.1 Å². The third-order valence-corrected chi connectivity index (χ3v) is 2.57. The van der Waals surface area contributed by atoms with E-state index in [0.29, 0.717) is 11.1 Å².